The van der Waals surface area contributed by atoms with E-state index >= 15 is 0 Å². The van der Waals surface area contributed by atoms with Gasteiger partial charge in [-0.15, -0.1) is 0 Å². The minimum absolute atomic E-state index is 0.361. The molecule has 0 fully saturated rings. The summed E-state index contributed by atoms with van der Waals surface area (Å²) in [6.45, 7) is 3.81. The number of carbonyl (C=O) groups excluding carboxylic acids is 1. The Balaban J connectivity index is 3.76. The van der Waals surface area contributed by atoms with E-state index in [2.05, 4.69) is 48.7 Å². The largest absolute Gasteiger partial charge is 0.394 e. The molecule has 5 N–H and O–H groups in total. The van der Waals surface area contributed by atoms with Crippen LogP contribution < -0.4 is 5.32 Å². The van der Waals surface area contributed by atoms with Crippen molar-refractivity contribution in [2.45, 2.75) is 218 Å². The molecule has 0 radical (unpaired) electrons. The first-order valence-corrected chi connectivity index (χ1v) is 20.3. The average Bonchev–Trinajstić information content (AvgIpc) is 3.09. The molecule has 1 amide bonds. The maximum atomic E-state index is 12.5. The number of rotatable bonds is 36. The average molecular weight is 678 g/mol. The van der Waals surface area contributed by atoms with Crippen LogP contribution in [0, 0.1) is 0 Å². The van der Waals surface area contributed by atoms with Crippen LogP contribution in [-0.2, 0) is 4.79 Å². The number of aliphatic hydroxyl groups excluding tert-OH is 4. The Morgan fingerprint density at radius 3 is 1.35 bits per heavy atom. The van der Waals surface area contributed by atoms with Crippen LogP contribution >= 0.6 is 0 Å². The smallest absolute Gasteiger partial charge is 0.249 e. The van der Waals surface area contributed by atoms with Gasteiger partial charge in [-0.3, -0.25) is 4.79 Å². The van der Waals surface area contributed by atoms with Crippen molar-refractivity contribution in [3.05, 3.63) is 36.5 Å². The first kappa shape index (κ1) is 46.5. The molecule has 0 aliphatic carbocycles. The fourth-order valence-corrected chi connectivity index (χ4v) is 6.15. The van der Waals surface area contributed by atoms with E-state index < -0.39 is 36.9 Å². The maximum Gasteiger partial charge on any atom is 0.249 e. The third-order valence-electron chi connectivity index (χ3n) is 9.40. The molecule has 0 rings (SSSR count). The zero-order chi connectivity index (χ0) is 35.3. The van der Waals surface area contributed by atoms with Gasteiger partial charge in [0, 0.05) is 0 Å². The van der Waals surface area contributed by atoms with Crippen molar-refractivity contribution >= 4 is 5.91 Å². The summed E-state index contributed by atoms with van der Waals surface area (Å²) in [6.07, 6.45) is 41.9. The minimum atomic E-state index is -1.29. The first-order chi connectivity index (χ1) is 23.5. The van der Waals surface area contributed by atoms with Gasteiger partial charge in [-0.2, -0.15) is 0 Å². The van der Waals surface area contributed by atoms with E-state index in [0.717, 1.165) is 51.4 Å². The SMILES string of the molecule is C/C=C/CC/C=C/CC/C=C/CCCC(O)C(O)C(CO)NC(=O)C(O)CCCCCCCCCCCCCCCCCCCCCC. The topological polar surface area (TPSA) is 110 Å². The zero-order valence-electron chi connectivity index (χ0n) is 31.5. The summed E-state index contributed by atoms with van der Waals surface area (Å²) in [5.74, 6) is -0.600. The number of amides is 1. The fourth-order valence-electron chi connectivity index (χ4n) is 6.15. The summed E-state index contributed by atoms with van der Waals surface area (Å²) >= 11 is 0. The van der Waals surface area contributed by atoms with Crippen molar-refractivity contribution < 1.29 is 25.2 Å². The van der Waals surface area contributed by atoms with E-state index in [0.29, 0.717) is 19.3 Å². The van der Waals surface area contributed by atoms with Crippen LogP contribution in [0.3, 0.4) is 0 Å². The van der Waals surface area contributed by atoms with Crippen LogP contribution in [-0.4, -0.2) is 57.3 Å². The summed E-state index contributed by atoms with van der Waals surface area (Å²) in [6, 6.07) is -1.01. The predicted octanol–water partition coefficient (Wildman–Crippen LogP) is 10.2. The van der Waals surface area contributed by atoms with Gasteiger partial charge >= 0.3 is 0 Å². The molecule has 0 aliphatic rings. The summed E-state index contributed by atoms with van der Waals surface area (Å²) < 4.78 is 0. The van der Waals surface area contributed by atoms with E-state index in [-0.39, 0.29) is 0 Å². The molecule has 4 atom stereocenters. The van der Waals surface area contributed by atoms with Crippen LogP contribution in [0.25, 0.3) is 0 Å². The van der Waals surface area contributed by atoms with Gasteiger partial charge in [0.25, 0.3) is 0 Å². The minimum Gasteiger partial charge on any atom is -0.394 e. The number of carbonyl (C=O) groups is 1. The number of nitrogens with one attached hydrogen (secondary N) is 1. The van der Waals surface area contributed by atoms with E-state index in [1.54, 1.807) is 0 Å². The molecule has 0 aliphatic heterocycles. The van der Waals surface area contributed by atoms with E-state index in [1.807, 2.05) is 6.92 Å². The molecular weight excluding hydrogens is 598 g/mol. The Morgan fingerprint density at radius 2 is 0.938 bits per heavy atom. The lowest BCUT2D eigenvalue weighted by Gasteiger charge is -2.27. The highest BCUT2D eigenvalue weighted by Crippen LogP contribution is 2.16. The fraction of sp³-hybridized carbons (Fsp3) is 0.833. The first-order valence-electron chi connectivity index (χ1n) is 20.3. The second-order valence-corrected chi connectivity index (χ2v) is 14.0. The van der Waals surface area contributed by atoms with E-state index in [9.17, 15) is 25.2 Å². The van der Waals surface area contributed by atoms with Crippen molar-refractivity contribution in [3.63, 3.8) is 0 Å². The summed E-state index contributed by atoms with van der Waals surface area (Å²) in [5.41, 5.74) is 0. The second-order valence-electron chi connectivity index (χ2n) is 14.0. The van der Waals surface area contributed by atoms with E-state index in [1.165, 1.54) is 109 Å². The van der Waals surface area contributed by atoms with E-state index in [4.69, 9.17) is 0 Å². The molecule has 6 nitrogen and oxygen atoms in total. The molecule has 48 heavy (non-hydrogen) atoms. The lowest BCUT2D eigenvalue weighted by atomic mass is 10.00. The highest BCUT2D eigenvalue weighted by Gasteiger charge is 2.28. The number of unbranched alkanes of at least 4 members (excludes halogenated alkanes) is 22. The van der Waals surface area contributed by atoms with Crippen molar-refractivity contribution in [1.82, 2.24) is 5.32 Å². The molecule has 0 spiro atoms. The highest BCUT2D eigenvalue weighted by molar-refractivity contribution is 5.80. The molecule has 6 heteroatoms. The number of aliphatic hydroxyl groups is 4. The van der Waals surface area contributed by atoms with Gasteiger partial charge in [-0.25, -0.2) is 0 Å². The third-order valence-corrected chi connectivity index (χ3v) is 9.40. The third kappa shape index (κ3) is 30.6. The summed E-state index contributed by atoms with van der Waals surface area (Å²) in [7, 11) is 0. The molecule has 0 aromatic heterocycles. The quantitative estimate of drug-likeness (QED) is 0.0335. The molecule has 0 saturated heterocycles. The maximum absolute atomic E-state index is 12.5. The summed E-state index contributed by atoms with van der Waals surface area (Å²) in [5, 5.41) is 43.5. The van der Waals surface area contributed by atoms with Gasteiger partial charge in [0.2, 0.25) is 5.91 Å². The highest BCUT2D eigenvalue weighted by atomic mass is 16.3. The Labute approximate surface area is 297 Å². The van der Waals surface area contributed by atoms with Crippen molar-refractivity contribution in [2.24, 2.45) is 0 Å². The Kier molecular flexibility index (Phi) is 35.7. The van der Waals surface area contributed by atoms with Gasteiger partial charge in [0.05, 0.1) is 18.8 Å². The van der Waals surface area contributed by atoms with Gasteiger partial charge < -0.3 is 25.7 Å². The molecule has 0 heterocycles. The van der Waals surface area contributed by atoms with Crippen molar-refractivity contribution in [2.75, 3.05) is 6.61 Å². The molecule has 0 aromatic carbocycles. The number of hydrogen-bond donors (Lipinski definition) is 5. The lowest BCUT2D eigenvalue weighted by Crippen LogP contribution is -2.53. The number of hydrogen-bond acceptors (Lipinski definition) is 5. The Hall–Kier alpha value is -1.47. The summed E-state index contributed by atoms with van der Waals surface area (Å²) in [4.78, 5) is 12.5. The van der Waals surface area contributed by atoms with Crippen LogP contribution in [0.15, 0.2) is 36.5 Å². The van der Waals surface area contributed by atoms with Gasteiger partial charge in [0.15, 0.2) is 0 Å². The molecule has 0 saturated carbocycles. The van der Waals surface area contributed by atoms with Crippen LogP contribution in [0.4, 0.5) is 0 Å². The zero-order valence-corrected chi connectivity index (χ0v) is 31.5. The molecule has 0 bridgehead atoms. The normalized spacial score (nSPS) is 14.7. The van der Waals surface area contributed by atoms with Crippen molar-refractivity contribution in [1.29, 1.82) is 0 Å². The Morgan fingerprint density at radius 1 is 0.542 bits per heavy atom. The van der Waals surface area contributed by atoms with Crippen LogP contribution in [0.1, 0.15) is 194 Å². The van der Waals surface area contributed by atoms with Crippen LogP contribution in [0.2, 0.25) is 0 Å². The van der Waals surface area contributed by atoms with Crippen LogP contribution in [0.5, 0.6) is 0 Å². The monoisotopic (exact) mass is 678 g/mol. The standard InChI is InChI=1S/C42H79NO5/c1-3-5-7-9-11-13-15-17-18-19-20-21-22-23-24-26-28-30-32-34-36-40(46)42(48)43-38(37-44)41(47)39(45)35-33-31-29-27-25-16-14-12-10-8-6-4-2/h4,6,12,14,27,29,38-41,44-47H,3,5,7-11,13,15-26,28,30-37H2,1-2H3,(H,43,48)/b6-4+,14-12+,29-27+. The molecule has 4 unspecified atom stereocenters. The van der Waals surface area contributed by atoms with Gasteiger partial charge in [-0.1, -0.05) is 172 Å². The Bertz CT molecular complexity index is 767. The van der Waals surface area contributed by atoms with Crippen molar-refractivity contribution in [3.8, 4) is 0 Å². The second kappa shape index (κ2) is 36.8. The van der Waals surface area contributed by atoms with Gasteiger partial charge in [0.1, 0.15) is 12.2 Å². The molecular formula is C42H79NO5. The molecule has 0 aromatic rings. The number of allylic oxidation sites excluding steroid dienone is 6. The predicted molar refractivity (Wildman–Crippen MR) is 205 cm³/mol. The lowest BCUT2D eigenvalue weighted by molar-refractivity contribution is -0.132. The van der Waals surface area contributed by atoms with Gasteiger partial charge in [-0.05, 0) is 58.3 Å². The molecule has 282 valence electrons.